The standard InChI is InChI=1S/C12H12Cl2N4S/c13-9-2-1-3-10(14)8(9)4-7-18(11(15)19)12-16-5-6-17-12/h1-3,5-6H,4,7H2,(H2,15,19)(H,16,17). The van der Waals surface area contributed by atoms with Gasteiger partial charge < -0.3 is 10.7 Å². The third kappa shape index (κ3) is 3.37. The maximum atomic E-state index is 6.13. The fourth-order valence-electron chi connectivity index (χ4n) is 1.72. The lowest BCUT2D eigenvalue weighted by Crippen LogP contribution is -2.37. The van der Waals surface area contributed by atoms with Crippen molar-refractivity contribution in [2.45, 2.75) is 6.42 Å². The van der Waals surface area contributed by atoms with Gasteiger partial charge in [0.15, 0.2) is 5.11 Å². The van der Waals surface area contributed by atoms with Gasteiger partial charge in [0.2, 0.25) is 5.95 Å². The summed E-state index contributed by atoms with van der Waals surface area (Å²) in [6.45, 7) is 0.548. The first-order chi connectivity index (χ1) is 9.09. The van der Waals surface area contributed by atoms with Gasteiger partial charge >= 0.3 is 0 Å². The van der Waals surface area contributed by atoms with E-state index in [-0.39, 0.29) is 5.11 Å². The minimum absolute atomic E-state index is 0.248. The summed E-state index contributed by atoms with van der Waals surface area (Å²) < 4.78 is 0. The Kier molecular flexibility index (Phi) is 4.63. The molecule has 0 unspecified atom stereocenters. The maximum Gasteiger partial charge on any atom is 0.209 e. The molecule has 0 bridgehead atoms. The van der Waals surface area contributed by atoms with Crippen molar-refractivity contribution in [1.82, 2.24) is 9.97 Å². The molecule has 0 saturated heterocycles. The highest BCUT2D eigenvalue weighted by Gasteiger charge is 2.13. The summed E-state index contributed by atoms with van der Waals surface area (Å²) in [4.78, 5) is 8.80. The number of hydrogen-bond donors (Lipinski definition) is 2. The molecule has 1 aromatic heterocycles. The van der Waals surface area contributed by atoms with Gasteiger partial charge in [0.1, 0.15) is 0 Å². The molecule has 4 nitrogen and oxygen atoms in total. The van der Waals surface area contributed by atoms with Crippen LogP contribution < -0.4 is 10.6 Å². The molecule has 0 aliphatic rings. The van der Waals surface area contributed by atoms with Crippen LogP contribution in [0.15, 0.2) is 30.6 Å². The number of halogens is 2. The van der Waals surface area contributed by atoms with Crippen molar-refractivity contribution in [3.8, 4) is 0 Å². The van der Waals surface area contributed by atoms with Crippen LogP contribution in [0.3, 0.4) is 0 Å². The Bertz CT molecular complexity index is 551. The van der Waals surface area contributed by atoms with Gasteiger partial charge in [-0.15, -0.1) is 0 Å². The number of nitrogens with two attached hydrogens (primary N) is 1. The maximum absolute atomic E-state index is 6.13. The molecule has 19 heavy (non-hydrogen) atoms. The van der Waals surface area contributed by atoms with Gasteiger partial charge in [-0.3, -0.25) is 4.90 Å². The number of hydrogen-bond acceptors (Lipinski definition) is 2. The van der Waals surface area contributed by atoms with Crippen LogP contribution in [0.5, 0.6) is 0 Å². The first-order valence-electron chi connectivity index (χ1n) is 5.59. The van der Waals surface area contributed by atoms with E-state index in [1.807, 2.05) is 6.07 Å². The van der Waals surface area contributed by atoms with E-state index in [2.05, 4.69) is 9.97 Å². The first kappa shape index (κ1) is 14.1. The molecule has 0 aliphatic carbocycles. The van der Waals surface area contributed by atoms with Crippen molar-refractivity contribution in [3.63, 3.8) is 0 Å². The van der Waals surface area contributed by atoms with Gasteiger partial charge in [0.25, 0.3) is 0 Å². The number of thiocarbonyl (C=S) groups is 1. The topological polar surface area (TPSA) is 57.9 Å². The fraction of sp³-hybridized carbons (Fsp3) is 0.167. The molecule has 2 aromatic rings. The largest absolute Gasteiger partial charge is 0.376 e. The molecule has 0 saturated carbocycles. The van der Waals surface area contributed by atoms with Crippen LogP contribution >= 0.6 is 35.4 Å². The number of aromatic nitrogens is 2. The molecule has 100 valence electrons. The number of anilines is 1. The molecule has 2 rings (SSSR count). The molecule has 1 heterocycles. The van der Waals surface area contributed by atoms with Crippen molar-refractivity contribution in [2.24, 2.45) is 5.73 Å². The highest BCUT2D eigenvalue weighted by Crippen LogP contribution is 2.25. The molecule has 1 aromatic carbocycles. The van der Waals surface area contributed by atoms with Crippen molar-refractivity contribution < 1.29 is 0 Å². The quantitative estimate of drug-likeness (QED) is 0.852. The predicted molar refractivity (Wildman–Crippen MR) is 82.9 cm³/mol. The second-order valence-electron chi connectivity index (χ2n) is 3.85. The van der Waals surface area contributed by atoms with Crippen LogP contribution in [0.2, 0.25) is 10.0 Å². The summed E-state index contributed by atoms with van der Waals surface area (Å²) >= 11 is 17.3. The normalized spacial score (nSPS) is 10.4. The Balaban J connectivity index is 2.14. The van der Waals surface area contributed by atoms with Gasteiger partial charge in [-0.1, -0.05) is 29.3 Å². The highest BCUT2D eigenvalue weighted by atomic mass is 35.5. The first-order valence-corrected chi connectivity index (χ1v) is 6.75. The number of nitrogens with one attached hydrogen (secondary N) is 1. The Morgan fingerprint density at radius 2 is 2.05 bits per heavy atom. The molecular weight excluding hydrogens is 303 g/mol. The second kappa shape index (κ2) is 6.23. The fourth-order valence-corrected chi connectivity index (χ4v) is 2.48. The van der Waals surface area contributed by atoms with Gasteiger partial charge in [0, 0.05) is 29.0 Å². The SMILES string of the molecule is NC(=S)N(CCc1c(Cl)cccc1Cl)c1ncc[nH]1. The second-order valence-corrected chi connectivity index (χ2v) is 5.09. The molecule has 3 N–H and O–H groups in total. The lowest BCUT2D eigenvalue weighted by Gasteiger charge is -2.20. The number of nitrogens with zero attached hydrogens (tertiary/aromatic N) is 2. The zero-order valence-corrected chi connectivity index (χ0v) is 12.3. The van der Waals surface area contributed by atoms with E-state index in [4.69, 9.17) is 41.2 Å². The summed E-state index contributed by atoms with van der Waals surface area (Å²) in [6, 6.07) is 5.42. The Hall–Kier alpha value is -1.30. The number of imidazole rings is 1. The molecule has 7 heteroatoms. The molecule has 0 atom stereocenters. The van der Waals surface area contributed by atoms with E-state index < -0.39 is 0 Å². The van der Waals surface area contributed by atoms with Gasteiger partial charge in [-0.25, -0.2) is 4.98 Å². The molecule has 0 amide bonds. The van der Waals surface area contributed by atoms with Crippen molar-refractivity contribution in [1.29, 1.82) is 0 Å². The van der Waals surface area contributed by atoms with E-state index >= 15 is 0 Å². The van der Waals surface area contributed by atoms with Crippen molar-refractivity contribution >= 4 is 46.5 Å². The summed E-state index contributed by atoms with van der Waals surface area (Å²) in [5, 5.41) is 1.52. The summed E-state index contributed by atoms with van der Waals surface area (Å²) in [7, 11) is 0. The smallest absolute Gasteiger partial charge is 0.209 e. The van der Waals surface area contributed by atoms with Crippen LogP contribution in [0.4, 0.5) is 5.95 Å². The summed E-state index contributed by atoms with van der Waals surface area (Å²) in [6.07, 6.45) is 3.97. The van der Waals surface area contributed by atoms with Crippen LogP contribution in [0, 0.1) is 0 Å². The lowest BCUT2D eigenvalue weighted by atomic mass is 10.1. The minimum Gasteiger partial charge on any atom is -0.376 e. The molecular formula is C12H12Cl2N4S. The molecule has 0 spiro atoms. The van der Waals surface area contributed by atoms with E-state index in [9.17, 15) is 0 Å². The van der Waals surface area contributed by atoms with E-state index in [0.29, 0.717) is 29.0 Å². The van der Waals surface area contributed by atoms with Gasteiger partial charge in [-0.2, -0.15) is 0 Å². The highest BCUT2D eigenvalue weighted by molar-refractivity contribution is 7.80. The van der Waals surface area contributed by atoms with Crippen molar-refractivity contribution in [3.05, 3.63) is 46.2 Å². The van der Waals surface area contributed by atoms with E-state index in [1.165, 1.54) is 0 Å². The Morgan fingerprint density at radius 1 is 1.37 bits per heavy atom. The van der Waals surface area contributed by atoms with Crippen LogP contribution in [0.25, 0.3) is 0 Å². The third-order valence-electron chi connectivity index (χ3n) is 2.65. The third-order valence-corrected chi connectivity index (χ3v) is 3.58. The van der Waals surface area contributed by atoms with Gasteiger partial charge in [-0.05, 0) is 36.3 Å². The average molecular weight is 315 g/mol. The Morgan fingerprint density at radius 3 is 2.58 bits per heavy atom. The van der Waals surface area contributed by atoms with E-state index in [0.717, 1.165) is 5.56 Å². The summed E-state index contributed by atoms with van der Waals surface area (Å²) in [5.41, 5.74) is 6.57. The lowest BCUT2D eigenvalue weighted by molar-refractivity contribution is 0.908. The van der Waals surface area contributed by atoms with E-state index in [1.54, 1.807) is 29.4 Å². The van der Waals surface area contributed by atoms with Crippen LogP contribution in [0.1, 0.15) is 5.56 Å². The average Bonchev–Trinajstić information content (AvgIpc) is 2.86. The van der Waals surface area contributed by atoms with Crippen molar-refractivity contribution in [2.75, 3.05) is 11.4 Å². The Labute approximate surface area is 126 Å². The zero-order valence-electron chi connectivity index (χ0n) is 9.94. The number of aromatic amines is 1. The van der Waals surface area contributed by atoms with Gasteiger partial charge in [0.05, 0.1) is 0 Å². The van der Waals surface area contributed by atoms with Crippen LogP contribution in [-0.4, -0.2) is 21.6 Å². The summed E-state index contributed by atoms with van der Waals surface area (Å²) in [5.74, 6) is 0.607. The molecule has 0 aliphatic heterocycles. The molecule has 0 radical (unpaired) electrons. The molecule has 0 fully saturated rings. The monoisotopic (exact) mass is 314 g/mol. The predicted octanol–water partition coefficient (Wildman–Crippen LogP) is 3.01. The van der Waals surface area contributed by atoms with Crippen LogP contribution in [-0.2, 0) is 6.42 Å². The minimum atomic E-state index is 0.248. The number of rotatable bonds is 4. The number of benzene rings is 1. The zero-order chi connectivity index (χ0) is 13.8. The number of H-pyrrole nitrogens is 1.